The molecule has 0 fully saturated rings. The van der Waals surface area contributed by atoms with Gasteiger partial charge in [-0.2, -0.15) is 0 Å². The van der Waals surface area contributed by atoms with E-state index >= 15 is 0 Å². The lowest BCUT2D eigenvalue weighted by Crippen LogP contribution is -1.84. The third kappa shape index (κ3) is 1.33. The maximum absolute atomic E-state index is 12.5. The van der Waals surface area contributed by atoms with Gasteiger partial charge in [0.25, 0.3) is 0 Å². The van der Waals surface area contributed by atoms with Crippen LogP contribution >= 0.6 is 11.6 Å². The van der Waals surface area contributed by atoms with Crippen LogP contribution in [0.2, 0.25) is 5.02 Å². The highest BCUT2D eigenvalue weighted by Gasteiger charge is 2.08. The van der Waals surface area contributed by atoms with Gasteiger partial charge in [-0.3, -0.25) is 4.79 Å². The van der Waals surface area contributed by atoms with E-state index in [1.165, 1.54) is 0 Å². The van der Waals surface area contributed by atoms with Crippen LogP contribution < -0.4 is 0 Å². The fraction of sp³-hybridized carbons (Fsp3) is 0. The van der Waals surface area contributed by atoms with Crippen molar-refractivity contribution in [1.82, 2.24) is 0 Å². The van der Waals surface area contributed by atoms with E-state index in [0.29, 0.717) is 6.29 Å². The van der Waals surface area contributed by atoms with Crippen molar-refractivity contribution >= 4 is 17.9 Å². The zero-order valence-electron chi connectivity index (χ0n) is 5.34. The Bertz CT molecular complexity index is 299. The highest BCUT2D eigenvalue weighted by molar-refractivity contribution is 6.32. The maximum Gasteiger partial charge on any atom is 0.153 e. The number of hydrogen-bond donors (Lipinski definition) is 1. The molecule has 0 unspecified atom stereocenters. The van der Waals surface area contributed by atoms with Gasteiger partial charge in [-0.1, -0.05) is 11.6 Å². The minimum Gasteiger partial charge on any atom is -0.506 e. The average molecular weight is 175 g/mol. The quantitative estimate of drug-likeness (QED) is 0.662. The van der Waals surface area contributed by atoms with Gasteiger partial charge in [0, 0.05) is 0 Å². The van der Waals surface area contributed by atoms with Gasteiger partial charge in [0.1, 0.15) is 16.6 Å². The number of phenolic OH excluding ortho intramolecular Hbond substituents is 1. The number of aldehydes is 1. The van der Waals surface area contributed by atoms with E-state index < -0.39 is 16.6 Å². The number of phenols is 1. The Morgan fingerprint density at radius 2 is 2.18 bits per heavy atom. The normalized spacial score (nSPS) is 9.64. The fourth-order valence-corrected chi connectivity index (χ4v) is 0.822. The summed E-state index contributed by atoms with van der Waals surface area (Å²) in [7, 11) is 0. The number of benzene rings is 1. The second-order valence-corrected chi connectivity index (χ2v) is 2.30. The van der Waals surface area contributed by atoms with E-state index in [4.69, 9.17) is 16.7 Å². The van der Waals surface area contributed by atoms with Gasteiger partial charge in [-0.15, -0.1) is 0 Å². The Kier molecular flexibility index (Phi) is 2.10. The molecule has 0 saturated heterocycles. The highest BCUT2D eigenvalue weighted by atomic mass is 35.5. The molecule has 1 N–H and O–H groups in total. The van der Waals surface area contributed by atoms with Gasteiger partial charge < -0.3 is 5.11 Å². The largest absolute Gasteiger partial charge is 0.506 e. The van der Waals surface area contributed by atoms with Crippen LogP contribution in [-0.2, 0) is 0 Å². The van der Waals surface area contributed by atoms with Crippen LogP contribution in [0, 0.1) is 5.82 Å². The predicted octanol–water partition coefficient (Wildman–Crippen LogP) is 2.00. The van der Waals surface area contributed by atoms with Crippen LogP contribution in [0.5, 0.6) is 5.75 Å². The first kappa shape index (κ1) is 8.01. The molecular formula is C7H4ClFO2. The molecule has 11 heavy (non-hydrogen) atoms. The number of halogens is 2. The smallest absolute Gasteiger partial charge is 0.153 e. The molecule has 1 aromatic rings. The van der Waals surface area contributed by atoms with Gasteiger partial charge in [0.2, 0.25) is 0 Å². The van der Waals surface area contributed by atoms with Gasteiger partial charge in [0.05, 0.1) is 5.56 Å². The van der Waals surface area contributed by atoms with E-state index in [0.717, 1.165) is 12.1 Å². The molecule has 0 radical (unpaired) electrons. The molecule has 0 heterocycles. The van der Waals surface area contributed by atoms with Crippen LogP contribution in [0.25, 0.3) is 0 Å². The van der Waals surface area contributed by atoms with Crippen LogP contribution in [0.3, 0.4) is 0 Å². The summed E-state index contributed by atoms with van der Waals surface area (Å²) >= 11 is 5.28. The molecule has 0 aromatic heterocycles. The Morgan fingerprint density at radius 3 is 2.73 bits per heavy atom. The molecule has 0 atom stereocenters. The molecule has 0 saturated carbocycles. The highest BCUT2D eigenvalue weighted by Crippen LogP contribution is 2.28. The first-order chi connectivity index (χ1) is 5.16. The van der Waals surface area contributed by atoms with Crippen LogP contribution in [0.15, 0.2) is 12.1 Å². The lowest BCUT2D eigenvalue weighted by atomic mass is 10.2. The average Bonchev–Trinajstić information content (AvgIpc) is 2.01. The molecule has 0 spiro atoms. The monoisotopic (exact) mass is 174 g/mol. The summed E-state index contributed by atoms with van der Waals surface area (Å²) in [5, 5.41) is 8.55. The molecule has 1 aromatic carbocycles. The topological polar surface area (TPSA) is 37.3 Å². The van der Waals surface area contributed by atoms with Crippen molar-refractivity contribution in [2.45, 2.75) is 0 Å². The number of carbonyl (C=O) groups is 1. The zero-order valence-corrected chi connectivity index (χ0v) is 6.10. The van der Waals surface area contributed by atoms with E-state index in [2.05, 4.69) is 0 Å². The Hall–Kier alpha value is -1.09. The third-order valence-corrected chi connectivity index (χ3v) is 1.59. The van der Waals surface area contributed by atoms with Crippen LogP contribution in [0.4, 0.5) is 4.39 Å². The zero-order chi connectivity index (χ0) is 8.43. The molecule has 2 nitrogen and oxygen atoms in total. The molecule has 1 rings (SSSR count). The minimum atomic E-state index is -0.741. The number of carbonyl (C=O) groups excluding carboxylic acids is 1. The molecular weight excluding hydrogens is 171 g/mol. The minimum absolute atomic E-state index is 0.0172. The van der Waals surface area contributed by atoms with E-state index in [9.17, 15) is 9.18 Å². The molecule has 0 amide bonds. The van der Waals surface area contributed by atoms with Crippen LogP contribution in [0.1, 0.15) is 10.4 Å². The van der Waals surface area contributed by atoms with E-state index in [1.807, 2.05) is 0 Å². The Labute approximate surface area is 67.2 Å². The van der Waals surface area contributed by atoms with Gasteiger partial charge >= 0.3 is 0 Å². The molecule has 4 heteroatoms. The summed E-state index contributed by atoms with van der Waals surface area (Å²) in [6, 6.07) is 2.18. The van der Waals surface area contributed by atoms with Gasteiger partial charge in [0.15, 0.2) is 6.29 Å². The van der Waals surface area contributed by atoms with Gasteiger partial charge in [-0.05, 0) is 12.1 Å². The summed E-state index contributed by atoms with van der Waals surface area (Å²) in [4.78, 5) is 10.1. The summed E-state index contributed by atoms with van der Waals surface area (Å²) in [6.07, 6.45) is 0.403. The Balaban J connectivity index is 3.36. The summed E-state index contributed by atoms with van der Waals surface area (Å²) in [5.74, 6) is -1.25. The molecule has 0 aliphatic heterocycles. The van der Waals surface area contributed by atoms with Crippen molar-refractivity contribution in [2.24, 2.45) is 0 Å². The van der Waals surface area contributed by atoms with Crippen molar-refractivity contribution in [3.05, 3.63) is 28.5 Å². The number of aromatic hydroxyl groups is 1. The molecule has 0 aliphatic rings. The SMILES string of the molecule is O=Cc1ccc(F)c(Cl)c1O. The van der Waals surface area contributed by atoms with Gasteiger partial charge in [-0.25, -0.2) is 4.39 Å². The third-order valence-electron chi connectivity index (χ3n) is 1.23. The Morgan fingerprint density at radius 1 is 1.55 bits per heavy atom. The lowest BCUT2D eigenvalue weighted by Gasteiger charge is -1.99. The first-order valence-electron chi connectivity index (χ1n) is 2.79. The van der Waals surface area contributed by atoms with Crippen molar-refractivity contribution in [1.29, 1.82) is 0 Å². The summed E-state index contributed by atoms with van der Waals surface area (Å²) in [6.45, 7) is 0. The molecule has 0 aliphatic carbocycles. The van der Waals surface area contributed by atoms with Crippen molar-refractivity contribution in [3.63, 3.8) is 0 Å². The fourth-order valence-electron chi connectivity index (χ4n) is 0.650. The second kappa shape index (κ2) is 2.88. The van der Waals surface area contributed by atoms with Crippen molar-refractivity contribution < 1.29 is 14.3 Å². The standard InChI is InChI=1S/C7H4ClFO2/c8-6-5(9)2-1-4(3-10)7(6)11/h1-3,11H. The lowest BCUT2D eigenvalue weighted by molar-refractivity contribution is 0.112. The molecule has 58 valence electrons. The maximum atomic E-state index is 12.5. The van der Waals surface area contributed by atoms with E-state index in [1.54, 1.807) is 0 Å². The van der Waals surface area contributed by atoms with E-state index in [-0.39, 0.29) is 5.56 Å². The summed E-state index contributed by atoms with van der Waals surface area (Å²) in [5.41, 5.74) is -0.0172. The second-order valence-electron chi connectivity index (χ2n) is 1.92. The summed E-state index contributed by atoms with van der Waals surface area (Å²) < 4.78 is 12.5. The number of hydrogen-bond acceptors (Lipinski definition) is 2. The first-order valence-corrected chi connectivity index (χ1v) is 3.16. The predicted molar refractivity (Wildman–Crippen MR) is 38.5 cm³/mol. The van der Waals surface area contributed by atoms with Crippen molar-refractivity contribution in [3.8, 4) is 5.75 Å². The van der Waals surface area contributed by atoms with Crippen LogP contribution in [-0.4, -0.2) is 11.4 Å². The molecule has 0 bridgehead atoms. The number of rotatable bonds is 1. The van der Waals surface area contributed by atoms with Crippen molar-refractivity contribution in [2.75, 3.05) is 0 Å².